The van der Waals surface area contributed by atoms with E-state index in [0.29, 0.717) is 0 Å². The van der Waals surface area contributed by atoms with E-state index < -0.39 is 0 Å². The van der Waals surface area contributed by atoms with Crippen LogP contribution in [0.2, 0.25) is 0 Å². The number of benzene rings is 8. The summed E-state index contributed by atoms with van der Waals surface area (Å²) in [5.74, 6) is 0. The quantitative estimate of drug-likeness (QED) is 0.195. The third-order valence-corrected chi connectivity index (χ3v) is 10.6. The number of furan rings is 1. The van der Waals surface area contributed by atoms with Crippen molar-refractivity contribution >= 4 is 92.1 Å². The van der Waals surface area contributed by atoms with Gasteiger partial charge in [-0.25, -0.2) is 0 Å². The summed E-state index contributed by atoms with van der Waals surface area (Å²) >= 11 is 1.87. The van der Waals surface area contributed by atoms with E-state index in [2.05, 4.69) is 157 Å². The largest absolute Gasteiger partial charge is 0.456 e. The first-order valence-electron chi connectivity index (χ1n) is 15.9. The summed E-state index contributed by atoms with van der Waals surface area (Å²) < 4.78 is 8.81. The smallest absolute Gasteiger partial charge is 0.135 e. The first-order valence-corrected chi connectivity index (χ1v) is 16.7. The lowest BCUT2D eigenvalue weighted by Crippen LogP contribution is -2.10. The lowest BCUT2D eigenvalue weighted by Gasteiger charge is -2.26. The lowest BCUT2D eigenvalue weighted by atomic mass is 9.98. The van der Waals surface area contributed by atoms with Crippen molar-refractivity contribution in [2.75, 3.05) is 4.90 Å². The van der Waals surface area contributed by atoms with Gasteiger partial charge in [-0.15, -0.1) is 11.3 Å². The van der Waals surface area contributed by atoms with Crippen molar-refractivity contribution in [3.8, 4) is 11.1 Å². The molecule has 10 aromatic rings. The van der Waals surface area contributed by atoms with E-state index in [1.807, 2.05) is 23.5 Å². The predicted molar refractivity (Wildman–Crippen MR) is 202 cm³/mol. The SMILES string of the molecule is c1ccc2c(-c3ccc(N(c4ccc5oc6ccccc6c5c4)c4cccc5c4sc4ccc6ccccc6c45)cc3)cccc2c1. The molecule has 220 valence electrons. The molecular formula is C44H27NOS. The highest BCUT2D eigenvalue weighted by Gasteiger charge is 2.20. The summed E-state index contributed by atoms with van der Waals surface area (Å²) in [6, 6.07) is 59.0. The topological polar surface area (TPSA) is 16.4 Å². The van der Waals surface area contributed by atoms with Crippen molar-refractivity contribution in [1.82, 2.24) is 0 Å². The van der Waals surface area contributed by atoms with E-state index in [1.165, 1.54) is 52.8 Å². The van der Waals surface area contributed by atoms with E-state index in [1.54, 1.807) is 0 Å². The molecule has 3 heteroatoms. The van der Waals surface area contributed by atoms with Gasteiger partial charge in [-0.2, -0.15) is 0 Å². The fourth-order valence-corrected chi connectivity index (χ4v) is 8.50. The molecule has 0 bridgehead atoms. The Labute approximate surface area is 275 Å². The number of hydrogen-bond donors (Lipinski definition) is 0. The minimum atomic E-state index is 0.896. The van der Waals surface area contributed by atoms with Gasteiger partial charge in [0, 0.05) is 37.6 Å². The van der Waals surface area contributed by atoms with Gasteiger partial charge in [0.15, 0.2) is 0 Å². The number of para-hydroxylation sites is 1. The fourth-order valence-electron chi connectivity index (χ4n) is 7.28. The van der Waals surface area contributed by atoms with Gasteiger partial charge in [0.05, 0.1) is 10.4 Å². The minimum absolute atomic E-state index is 0.896. The molecule has 0 amide bonds. The van der Waals surface area contributed by atoms with Crippen LogP contribution in [0.5, 0.6) is 0 Å². The first-order chi connectivity index (χ1) is 23.3. The van der Waals surface area contributed by atoms with Crippen LogP contribution in [0.4, 0.5) is 17.1 Å². The molecule has 0 saturated heterocycles. The molecule has 0 unspecified atom stereocenters. The maximum Gasteiger partial charge on any atom is 0.135 e. The van der Waals surface area contributed by atoms with Crippen LogP contribution in [0, 0.1) is 0 Å². The molecule has 2 nitrogen and oxygen atoms in total. The van der Waals surface area contributed by atoms with Gasteiger partial charge in [-0.1, -0.05) is 115 Å². The number of hydrogen-bond acceptors (Lipinski definition) is 3. The molecule has 0 aliphatic heterocycles. The Bertz CT molecular complexity index is 2800. The van der Waals surface area contributed by atoms with Crippen LogP contribution >= 0.6 is 11.3 Å². The monoisotopic (exact) mass is 617 g/mol. The first kappa shape index (κ1) is 26.3. The zero-order chi connectivity index (χ0) is 30.9. The molecule has 47 heavy (non-hydrogen) atoms. The molecule has 8 aromatic carbocycles. The zero-order valence-electron chi connectivity index (χ0n) is 25.4. The van der Waals surface area contributed by atoms with Crippen LogP contribution in [-0.2, 0) is 0 Å². The summed E-state index contributed by atoms with van der Waals surface area (Å²) in [7, 11) is 0. The van der Waals surface area contributed by atoms with E-state index in [9.17, 15) is 0 Å². The Morgan fingerprint density at radius 1 is 0.447 bits per heavy atom. The van der Waals surface area contributed by atoms with Crippen molar-refractivity contribution in [1.29, 1.82) is 0 Å². The van der Waals surface area contributed by atoms with Gasteiger partial charge in [0.25, 0.3) is 0 Å². The van der Waals surface area contributed by atoms with Gasteiger partial charge in [-0.05, 0) is 81.2 Å². The molecule has 0 N–H and O–H groups in total. The standard InChI is InChI=1S/C44H27NOS/c1-3-12-33-28(9-1)11-7-15-34(33)30-19-22-31(23-20-30)45(32-24-25-41-38(27-32)36-14-5-6-18-40(36)46-41)39-17-8-16-37-43-35-13-4-2-10-29(35)21-26-42(43)47-44(37)39/h1-27H. The average Bonchev–Trinajstić information content (AvgIpc) is 3.71. The molecule has 0 fully saturated rings. The van der Waals surface area contributed by atoms with Crippen molar-refractivity contribution < 1.29 is 4.42 Å². The number of anilines is 3. The highest BCUT2D eigenvalue weighted by atomic mass is 32.1. The second-order valence-electron chi connectivity index (χ2n) is 12.1. The molecule has 0 spiro atoms. The summed E-state index contributed by atoms with van der Waals surface area (Å²) in [6.07, 6.45) is 0. The molecule has 0 saturated carbocycles. The number of thiophene rings is 1. The fraction of sp³-hybridized carbons (Fsp3) is 0. The van der Waals surface area contributed by atoms with Gasteiger partial charge >= 0.3 is 0 Å². The lowest BCUT2D eigenvalue weighted by molar-refractivity contribution is 0.669. The van der Waals surface area contributed by atoms with E-state index in [-0.39, 0.29) is 0 Å². The minimum Gasteiger partial charge on any atom is -0.456 e. The molecule has 0 radical (unpaired) electrons. The van der Waals surface area contributed by atoms with Crippen LogP contribution in [0.3, 0.4) is 0 Å². The maximum absolute atomic E-state index is 6.23. The summed E-state index contributed by atoms with van der Waals surface area (Å²) in [5.41, 5.74) is 7.61. The Morgan fingerprint density at radius 2 is 1.11 bits per heavy atom. The van der Waals surface area contributed by atoms with Crippen LogP contribution in [0.25, 0.3) is 74.8 Å². The molecule has 0 aliphatic carbocycles. The van der Waals surface area contributed by atoms with Gasteiger partial charge < -0.3 is 9.32 Å². The van der Waals surface area contributed by atoms with Crippen molar-refractivity contribution in [2.45, 2.75) is 0 Å². The average molecular weight is 618 g/mol. The van der Waals surface area contributed by atoms with E-state index in [0.717, 1.165) is 39.0 Å². The number of fused-ring (bicyclic) bond motifs is 9. The Morgan fingerprint density at radius 3 is 1.98 bits per heavy atom. The Hall–Kier alpha value is -5.90. The molecule has 0 aliphatic rings. The molecule has 0 atom stereocenters. The second kappa shape index (κ2) is 10.3. The molecular weight excluding hydrogens is 591 g/mol. The zero-order valence-corrected chi connectivity index (χ0v) is 26.2. The van der Waals surface area contributed by atoms with Crippen LogP contribution in [0.15, 0.2) is 168 Å². The van der Waals surface area contributed by atoms with Gasteiger partial charge in [0.2, 0.25) is 0 Å². The number of rotatable bonds is 4. The van der Waals surface area contributed by atoms with E-state index >= 15 is 0 Å². The normalized spacial score (nSPS) is 11.8. The number of nitrogens with zero attached hydrogens (tertiary/aromatic N) is 1. The molecule has 2 heterocycles. The van der Waals surface area contributed by atoms with Crippen LogP contribution in [-0.4, -0.2) is 0 Å². The van der Waals surface area contributed by atoms with Gasteiger partial charge in [-0.3, -0.25) is 0 Å². The highest BCUT2D eigenvalue weighted by Crippen LogP contribution is 2.47. The van der Waals surface area contributed by atoms with Gasteiger partial charge in [0.1, 0.15) is 11.2 Å². The van der Waals surface area contributed by atoms with Crippen LogP contribution in [0.1, 0.15) is 0 Å². The predicted octanol–water partition coefficient (Wildman–Crippen LogP) is 13.4. The Balaban J connectivity index is 1.21. The summed E-state index contributed by atoms with van der Waals surface area (Å²) in [4.78, 5) is 2.41. The summed E-state index contributed by atoms with van der Waals surface area (Å²) in [6.45, 7) is 0. The third kappa shape index (κ3) is 4.10. The highest BCUT2D eigenvalue weighted by molar-refractivity contribution is 7.26. The summed E-state index contributed by atoms with van der Waals surface area (Å²) in [5, 5.41) is 9.93. The van der Waals surface area contributed by atoms with Crippen molar-refractivity contribution in [2.24, 2.45) is 0 Å². The van der Waals surface area contributed by atoms with Crippen molar-refractivity contribution in [3.63, 3.8) is 0 Å². The maximum atomic E-state index is 6.23. The molecule has 10 rings (SSSR count). The van der Waals surface area contributed by atoms with E-state index in [4.69, 9.17) is 4.42 Å². The van der Waals surface area contributed by atoms with Crippen molar-refractivity contribution in [3.05, 3.63) is 164 Å². The molecule has 2 aromatic heterocycles. The third-order valence-electron chi connectivity index (χ3n) is 9.45. The Kier molecular flexibility index (Phi) is 5.78. The second-order valence-corrected chi connectivity index (χ2v) is 13.2. The van der Waals surface area contributed by atoms with Crippen LogP contribution < -0.4 is 4.90 Å².